The van der Waals surface area contributed by atoms with Gasteiger partial charge in [-0.1, -0.05) is 44.9 Å². The Kier molecular flexibility index (Phi) is 14.2. The van der Waals surface area contributed by atoms with E-state index in [1.807, 2.05) is 0 Å². The highest BCUT2D eigenvalue weighted by atomic mass is 32.2. The molecule has 0 N–H and O–H groups in total. The highest BCUT2D eigenvalue weighted by molar-refractivity contribution is 7.94. The second kappa shape index (κ2) is 13.6. The predicted octanol–water partition coefficient (Wildman–Crippen LogP) is 5.04. The number of halogens is 1. The van der Waals surface area contributed by atoms with Crippen LogP contribution in [0.25, 0.3) is 0 Å². The fourth-order valence-electron chi connectivity index (χ4n) is 1.51. The van der Waals surface area contributed by atoms with Crippen LogP contribution in [0.3, 0.4) is 0 Å². The van der Waals surface area contributed by atoms with Crippen molar-refractivity contribution >= 4 is 24.8 Å². The SMILES string of the molecule is FSCCCCCCCCCCCS. The van der Waals surface area contributed by atoms with Gasteiger partial charge in [-0.3, -0.25) is 0 Å². The van der Waals surface area contributed by atoms with E-state index in [9.17, 15) is 3.89 Å². The average molecular weight is 238 g/mol. The minimum atomic E-state index is 0.472. The first kappa shape index (κ1) is 14.6. The van der Waals surface area contributed by atoms with Crippen LogP contribution in [0, 0.1) is 0 Å². The van der Waals surface area contributed by atoms with Crippen LogP contribution >= 0.6 is 24.8 Å². The molecule has 0 spiro atoms. The Hall–Kier alpha value is 0.630. The summed E-state index contributed by atoms with van der Waals surface area (Å²) in [6.07, 6.45) is 11.5. The summed E-state index contributed by atoms with van der Waals surface area (Å²) in [6.45, 7) is 0. The van der Waals surface area contributed by atoms with E-state index in [1.165, 1.54) is 51.4 Å². The number of hydrogen-bond donors (Lipinski definition) is 1. The summed E-state index contributed by atoms with van der Waals surface area (Å²) in [7, 11) is 0. The van der Waals surface area contributed by atoms with Crippen LogP contribution in [-0.2, 0) is 0 Å². The summed E-state index contributed by atoms with van der Waals surface area (Å²) >= 11 is 4.65. The summed E-state index contributed by atoms with van der Waals surface area (Å²) in [6, 6.07) is 0. The molecule has 0 aliphatic heterocycles. The van der Waals surface area contributed by atoms with Gasteiger partial charge in [0.15, 0.2) is 0 Å². The second-order valence-corrected chi connectivity index (χ2v) is 4.79. The second-order valence-electron chi connectivity index (χ2n) is 3.72. The van der Waals surface area contributed by atoms with Gasteiger partial charge < -0.3 is 0 Å². The number of rotatable bonds is 11. The average Bonchev–Trinajstić information content (AvgIpc) is 2.21. The maximum absolute atomic E-state index is 11.7. The molecule has 0 atom stereocenters. The molecule has 0 rings (SSSR count). The van der Waals surface area contributed by atoms with Gasteiger partial charge in [0.1, 0.15) is 0 Å². The third-order valence-electron chi connectivity index (χ3n) is 2.38. The maximum atomic E-state index is 11.7. The van der Waals surface area contributed by atoms with Crippen molar-refractivity contribution < 1.29 is 3.89 Å². The van der Waals surface area contributed by atoms with Crippen molar-refractivity contribution in [2.75, 3.05) is 11.5 Å². The van der Waals surface area contributed by atoms with E-state index in [0.29, 0.717) is 17.9 Å². The Morgan fingerprint density at radius 3 is 1.57 bits per heavy atom. The zero-order valence-corrected chi connectivity index (χ0v) is 10.7. The van der Waals surface area contributed by atoms with E-state index in [0.717, 1.165) is 12.2 Å². The minimum Gasteiger partial charge on any atom is -0.179 e. The molecule has 0 aliphatic rings. The highest BCUT2D eigenvalue weighted by Gasteiger charge is 1.92. The number of unbranched alkanes of at least 4 members (excludes halogenated alkanes) is 8. The van der Waals surface area contributed by atoms with Crippen molar-refractivity contribution in [1.29, 1.82) is 0 Å². The molecule has 0 amide bonds. The van der Waals surface area contributed by atoms with Gasteiger partial charge in [-0.15, -0.1) is 0 Å². The van der Waals surface area contributed by atoms with Gasteiger partial charge in [0.05, 0.1) is 0 Å². The third-order valence-corrected chi connectivity index (χ3v) is 3.14. The molecule has 0 aromatic rings. The maximum Gasteiger partial charge on any atom is 0.0443 e. The third kappa shape index (κ3) is 12.6. The van der Waals surface area contributed by atoms with Crippen molar-refractivity contribution in [1.82, 2.24) is 0 Å². The summed E-state index contributed by atoms with van der Waals surface area (Å²) in [5, 5.41) is 0. The lowest BCUT2D eigenvalue weighted by Crippen LogP contribution is -1.83. The first-order valence-electron chi connectivity index (χ1n) is 5.76. The summed E-state index contributed by atoms with van der Waals surface area (Å²) in [5.41, 5.74) is 0. The van der Waals surface area contributed by atoms with Crippen LogP contribution in [0.1, 0.15) is 57.8 Å². The van der Waals surface area contributed by atoms with Crippen LogP contribution < -0.4 is 0 Å². The van der Waals surface area contributed by atoms with Crippen molar-refractivity contribution in [3.05, 3.63) is 0 Å². The fourth-order valence-corrected chi connectivity index (χ4v) is 2.04. The van der Waals surface area contributed by atoms with Gasteiger partial charge in [-0.2, -0.15) is 16.5 Å². The monoisotopic (exact) mass is 238 g/mol. The molecule has 0 bridgehead atoms. The lowest BCUT2D eigenvalue weighted by atomic mass is 10.1. The normalized spacial score (nSPS) is 10.7. The first-order chi connectivity index (χ1) is 6.91. The molecule has 0 aromatic carbocycles. The molecule has 0 unspecified atom stereocenters. The summed E-state index contributed by atoms with van der Waals surface area (Å²) in [5.74, 6) is 1.71. The molecule has 0 nitrogen and oxygen atoms in total. The van der Waals surface area contributed by atoms with Gasteiger partial charge >= 0.3 is 0 Å². The van der Waals surface area contributed by atoms with E-state index in [2.05, 4.69) is 12.6 Å². The molecule has 0 heterocycles. The van der Waals surface area contributed by atoms with Crippen LogP contribution in [0.15, 0.2) is 0 Å². The molecule has 0 saturated heterocycles. The molecular weight excluding hydrogens is 215 g/mol. The molecule has 0 radical (unpaired) electrons. The Morgan fingerprint density at radius 2 is 1.14 bits per heavy atom. The van der Waals surface area contributed by atoms with Gasteiger partial charge in [-0.25, -0.2) is 0 Å². The van der Waals surface area contributed by atoms with E-state index in [1.54, 1.807) is 0 Å². The molecule has 86 valence electrons. The Morgan fingerprint density at radius 1 is 0.714 bits per heavy atom. The number of thiol groups is 1. The topological polar surface area (TPSA) is 0 Å². The lowest BCUT2D eigenvalue weighted by molar-refractivity contribution is 0.574. The van der Waals surface area contributed by atoms with Crippen molar-refractivity contribution in [3.63, 3.8) is 0 Å². The minimum absolute atomic E-state index is 0.472. The quantitative estimate of drug-likeness (QED) is 0.388. The van der Waals surface area contributed by atoms with E-state index in [-0.39, 0.29) is 0 Å². The van der Waals surface area contributed by atoms with Crippen molar-refractivity contribution in [2.24, 2.45) is 0 Å². The van der Waals surface area contributed by atoms with Crippen LogP contribution in [0.4, 0.5) is 3.89 Å². The Bertz CT molecular complexity index is 87.3. The van der Waals surface area contributed by atoms with Crippen LogP contribution in [-0.4, -0.2) is 11.5 Å². The van der Waals surface area contributed by atoms with Crippen LogP contribution in [0.5, 0.6) is 0 Å². The van der Waals surface area contributed by atoms with E-state index < -0.39 is 0 Å². The molecule has 14 heavy (non-hydrogen) atoms. The van der Waals surface area contributed by atoms with Crippen molar-refractivity contribution in [2.45, 2.75) is 57.8 Å². The zero-order chi connectivity index (χ0) is 10.5. The van der Waals surface area contributed by atoms with Crippen LogP contribution in [0.2, 0.25) is 0 Å². The molecule has 0 saturated carbocycles. The van der Waals surface area contributed by atoms with Gasteiger partial charge in [0, 0.05) is 17.9 Å². The smallest absolute Gasteiger partial charge is 0.0443 e. The first-order valence-corrected chi connectivity index (χ1v) is 7.28. The summed E-state index contributed by atoms with van der Waals surface area (Å²) in [4.78, 5) is 0. The molecule has 0 aliphatic carbocycles. The predicted molar refractivity (Wildman–Crippen MR) is 69.0 cm³/mol. The van der Waals surface area contributed by atoms with Gasteiger partial charge in [0.2, 0.25) is 0 Å². The van der Waals surface area contributed by atoms with Crippen molar-refractivity contribution in [3.8, 4) is 0 Å². The lowest BCUT2D eigenvalue weighted by Gasteiger charge is -2.00. The largest absolute Gasteiger partial charge is 0.179 e. The van der Waals surface area contributed by atoms with E-state index >= 15 is 0 Å². The van der Waals surface area contributed by atoms with E-state index in [4.69, 9.17) is 0 Å². The zero-order valence-electron chi connectivity index (χ0n) is 9.01. The molecule has 0 aromatic heterocycles. The Labute approximate surface area is 98.1 Å². The van der Waals surface area contributed by atoms with Gasteiger partial charge in [0.25, 0.3) is 0 Å². The Balaban J connectivity index is 2.78. The standard InChI is InChI=1S/C11H23FS2/c12-14-11-9-7-5-3-1-2-4-6-8-10-13/h13H,1-11H2. The van der Waals surface area contributed by atoms with Gasteiger partial charge in [-0.05, 0) is 18.6 Å². The molecule has 0 fully saturated rings. The fraction of sp³-hybridized carbons (Fsp3) is 1.00. The molecule has 3 heteroatoms. The number of hydrogen-bond acceptors (Lipinski definition) is 2. The summed E-state index contributed by atoms with van der Waals surface area (Å²) < 4.78 is 11.7. The molecular formula is C11H23FS2. The highest BCUT2D eigenvalue weighted by Crippen LogP contribution is 2.11.